The van der Waals surface area contributed by atoms with Crippen LogP contribution in [0.25, 0.3) is 0 Å². The van der Waals surface area contributed by atoms with Crippen LogP contribution < -0.4 is 0 Å². The molecule has 1 heterocycles. The van der Waals surface area contributed by atoms with Gasteiger partial charge in [-0.15, -0.1) is 10.3 Å². The molecular formula is C21H40NO4. The van der Waals surface area contributed by atoms with Gasteiger partial charge in [-0.2, -0.15) is 0 Å². The Morgan fingerprint density at radius 1 is 0.962 bits per heavy atom. The van der Waals surface area contributed by atoms with Crippen LogP contribution in [0.1, 0.15) is 104 Å². The van der Waals surface area contributed by atoms with E-state index in [9.17, 15) is 10.0 Å². The van der Waals surface area contributed by atoms with Crippen LogP contribution in [0.15, 0.2) is 0 Å². The monoisotopic (exact) mass is 370 g/mol. The van der Waals surface area contributed by atoms with E-state index in [0.29, 0.717) is 25.9 Å². The summed E-state index contributed by atoms with van der Waals surface area (Å²) in [5.41, 5.74) is -1.26. The number of hydrogen-bond acceptors (Lipinski definition) is 4. The lowest BCUT2D eigenvalue weighted by Crippen LogP contribution is -2.49. The van der Waals surface area contributed by atoms with Crippen molar-refractivity contribution in [1.82, 2.24) is 5.06 Å². The lowest BCUT2D eigenvalue weighted by molar-refractivity contribution is -0.296. The van der Waals surface area contributed by atoms with Crippen molar-refractivity contribution in [1.29, 1.82) is 0 Å². The summed E-state index contributed by atoms with van der Waals surface area (Å²) in [5, 5.41) is 14.0. The van der Waals surface area contributed by atoms with Gasteiger partial charge in [0.1, 0.15) is 5.72 Å². The molecule has 5 heteroatoms. The predicted molar refractivity (Wildman–Crippen MR) is 103 cm³/mol. The molecule has 1 aliphatic heterocycles. The second-order valence-corrected chi connectivity index (χ2v) is 8.35. The molecule has 1 aliphatic rings. The van der Waals surface area contributed by atoms with Crippen molar-refractivity contribution < 1.29 is 19.5 Å². The third-order valence-electron chi connectivity index (χ3n) is 5.46. The van der Waals surface area contributed by atoms with Crippen molar-refractivity contribution in [2.45, 2.75) is 116 Å². The molecule has 0 aliphatic carbocycles. The number of esters is 1. The fraction of sp³-hybridized carbons (Fsp3) is 0.952. The van der Waals surface area contributed by atoms with Crippen LogP contribution in [0.4, 0.5) is 0 Å². The molecule has 0 aromatic carbocycles. The van der Waals surface area contributed by atoms with Crippen molar-refractivity contribution in [3.63, 3.8) is 0 Å². The van der Waals surface area contributed by atoms with Crippen molar-refractivity contribution in [2.24, 2.45) is 0 Å². The molecule has 153 valence electrons. The van der Waals surface area contributed by atoms with Gasteiger partial charge in [-0.25, -0.2) is 0 Å². The lowest BCUT2D eigenvalue weighted by Gasteiger charge is -2.35. The Morgan fingerprint density at radius 2 is 1.50 bits per heavy atom. The van der Waals surface area contributed by atoms with E-state index in [1.54, 1.807) is 0 Å². The molecule has 1 radical (unpaired) electrons. The summed E-state index contributed by atoms with van der Waals surface area (Å²) in [6.07, 6.45) is 13.6. The highest BCUT2D eigenvalue weighted by molar-refractivity contribution is 5.69. The average molecular weight is 371 g/mol. The first-order valence-electron chi connectivity index (χ1n) is 10.6. The Labute approximate surface area is 160 Å². The highest BCUT2D eigenvalue weighted by atomic mass is 16.6. The number of hydroxylamine groups is 2. The molecule has 1 unspecified atom stereocenters. The van der Waals surface area contributed by atoms with Crippen molar-refractivity contribution in [3.8, 4) is 0 Å². The van der Waals surface area contributed by atoms with Crippen LogP contribution in [0, 0.1) is 0 Å². The minimum absolute atomic E-state index is 0.224. The van der Waals surface area contributed by atoms with Gasteiger partial charge in [0.15, 0.2) is 0 Å². The first-order chi connectivity index (χ1) is 12.4. The molecule has 1 rings (SSSR count). The van der Waals surface area contributed by atoms with Crippen LogP contribution >= 0.6 is 0 Å². The maximum atomic E-state index is 12.8. The largest absolute Gasteiger partial charge is 0.469 e. The molecule has 0 N–H and O–H groups in total. The Bertz CT molecular complexity index is 399. The predicted octanol–water partition coefficient (Wildman–Crippen LogP) is 5.40. The van der Waals surface area contributed by atoms with Crippen LogP contribution in [0.5, 0.6) is 0 Å². The maximum Gasteiger partial charge on any atom is 0.305 e. The quantitative estimate of drug-likeness (QED) is 0.303. The summed E-state index contributed by atoms with van der Waals surface area (Å²) in [5.74, 6) is -0.224. The van der Waals surface area contributed by atoms with Gasteiger partial charge in [-0.1, -0.05) is 58.3 Å². The van der Waals surface area contributed by atoms with E-state index in [1.165, 1.54) is 52.1 Å². The fourth-order valence-corrected chi connectivity index (χ4v) is 3.78. The summed E-state index contributed by atoms with van der Waals surface area (Å²) in [6.45, 7) is 6.55. The Balaban J connectivity index is 2.36. The average Bonchev–Trinajstić information content (AvgIpc) is 2.84. The molecule has 1 atom stereocenters. The smallest absolute Gasteiger partial charge is 0.305 e. The standard InChI is InChI=1S/C21H40NO4/c1-5-6-7-8-9-10-11-12-13-16-21(17-14-15-19(23)25-4)22(24)20(2,3)18-26-21/h5-18H2,1-4H3. The van der Waals surface area contributed by atoms with E-state index in [0.717, 1.165) is 24.3 Å². The fourth-order valence-electron chi connectivity index (χ4n) is 3.78. The third-order valence-corrected chi connectivity index (χ3v) is 5.46. The number of ether oxygens (including phenoxy) is 2. The highest BCUT2D eigenvalue weighted by Gasteiger charge is 2.52. The van der Waals surface area contributed by atoms with Crippen LogP contribution in [-0.2, 0) is 19.5 Å². The number of methoxy groups -OCH3 is 1. The third kappa shape index (κ3) is 7.53. The Kier molecular flexibility index (Phi) is 10.7. The van der Waals surface area contributed by atoms with E-state index in [2.05, 4.69) is 6.92 Å². The molecule has 0 aromatic rings. The summed E-state index contributed by atoms with van der Waals surface area (Å²) < 4.78 is 10.7. The zero-order valence-corrected chi connectivity index (χ0v) is 17.5. The molecule has 0 saturated carbocycles. The molecule has 1 fully saturated rings. The summed E-state index contributed by atoms with van der Waals surface area (Å²) in [6, 6.07) is 0. The van der Waals surface area contributed by atoms with Gasteiger partial charge in [0, 0.05) is 6.42 Å². The van der Waals surface area contributed by atoms with Crippen molar-refractivity contribution >= 4 is 5.97 Å². The van der Waals surface area contributed by atoms with E-state index >= 15 is 0 Å². The number of rotatable bonds is 14. The molecule has 1 saturated heterocycles. The molecule has 26 heavy (non-hydrogen) atoms. The van der Waals surface area contributed by atoms with Gasteiger partial charge < -0.3 is 9.47 Å². The van der Waals surface area contributed by atoms with Crippen LogP contribution in [0.3, 0.4) is 0 Å². The Morgan fingerprint density at radius 3 is 2.00 bits per heavy atom. The molecule has 0 aromatic heterocycles. The Hall–Kier alpha value is -0.650. The maximum absolute atomic E-state index is 12.8. The van der Waals surface area contributed by atoms with Gasteiger partial charge in [0.05, 0.1) is 19.3 Å². The van der Waals surface area contributed by atoms with Gasteiger partial charge in [0.2, 0.25) is 0 Å². The minimum Gasteiger partial charge on any atom is -0.469 e. The molecular weight excluding hydrogens is 330 g/mol. The molecule has 0 bridgehead atoms. The second-order valence-electron chi connectivity index (χ2n) is 8.35. The van der Waals surface area contributed by atoms with E-state index in [-0.39, 0.29) is 5.97 Å². The molecule has 0 spiro atoms. The number of carbonyl (C=O) groups excluding carboxylic acids is 1. The highest BCUT2D eigenvalue weighted by Crippen LogP contribution is 2.40. The van der Waals surface area contributed by atoms with Gasteiger partial charge >= 0.3 is 5.97 Å². The number of nitrogens with zero attached hydrogens (tertiary/aromatic N) is 1. The summed E-state index contributed by atoms with van der Waals surface area (Å²) in [7, 11) is 1.40. The summed E-state index contributed by atoms with van der Waals surface area (Å²) in [4.78, 5) is 11.4. The van der Waals surface area contributed by atoms with Crippen LogP contribution in [-0.4, -0.2) is 36.0 Å². The normalized spacial score (nSPS) is 22.7. The lowest BCUT2D eigenvalue weighted by atomic mass is 9.95. The zero-order valence-electron chi connectivity index (χ0n) is 17.5. The van der Waals surface area contributed by atoms with E-state index < -0.39 is 11.3 Å². The summed E-state index contributed by atoms with van der Waals surface area (Å²) >= 11 is 0. The van der Waals surface area contributed by atoms with E-state index in [4.69, 9.17) is 9.47 Å². The number of carbonyl (C=O) groups is 1. The number of hydrogen-bond donors (Lipinski definition) is 0. The van der Waals surface area contributed by atoms with Gasteiger partial charge in [-0.3, -0.25) is 4.79 Å². The molecule has 0 amide bonds. The molecule has 5 nitrogen and oxygen atoms in total. The topological polar surface area (TPSA) is 58.7 Å². The van der Waals surface area contributed by atoms with E-state index in [1.807, 2.05) is 13.8 Å². The SMILES string of the molecule is CCCCCCCCCCCC1(CCCC(=O)OC)OCC(C)(C)N1[O]. The first-order valence-corrected chi connectivity index (χ1v) is 10.6. The first kappa shape index (κ1) is 23.4. The van der Waals surface area contributed by atoms with Gasteiger partial charge in [0.25, 0.3) is 0 Å². The van der Waals surface area contributed by atoms with Crippen LogP contribution in [0.2, 0.25) is 0 Å². The van der Waals surface area contributed by atoms with Crippen molar-refractivity contribution in [2.75, 3.05) is 13.7 Å². The minimum atomic E-state index is -0.765. The van der Waals surface area contributed by atoms with Crippen molar-refractivity contribution in [3.05, 3.63) is 0 Å². The zero-order chi connectivity index (χ0) is 19.5. The number of unbranched alkanes of at least 4 members (excludes halogenated alkanes) is 8. The second kappa shape index (κ2) is 11.9. The van der Waals surface area contributed by atoms with Gasteiger partial charge in [-0.05, 0) is 39.5 Å².